The van der Waals surface area contributed by atoms with Crippen molar-refractivity contribution in [2.24, 2.45) is 5.73 Å². The SMILES string of the molecule is NC(CC(=O)O)C(=O)NC(Cc1cnc[nH]1)C(=O)NC(Cc1c[nH]c2ccccc12)C(=O)NC(Cc1ccc(O)cc1)C(=O)O. The van der Waals surface area contributed by atoms with Gasteiger partial charge in [0.15, 0.2) is 0 Å². The number of nitrogens with zero attached hydrogens (tertiary/aromatic N) is 1. The standard InChI is InChI=1S/C30H33N7O8/c31-21(12-26(39)40)27(41)35-24(11-18-14-32-15-34-18)29(43)36-23(10-17-13-33-22-4-2-1-3-20(17)22)28(42)37-25(30(44)45)9-16-5-7-19(38)8-6-16/h1-8,13-15,21,23-25,33,38H,9-12,31H2,(H,32,34)(H,35,41)(H,36,43)(H,37,42)(H,39,40)(H,44,45). The molecular weight excluding hydrogens is 586 g/mol. The van der Waals surface area contributed by atoms with E-state index in [4.69, 9.17) is 10.8 Å². The highest BCUT2D eigenvalue weighted by Gasteiger charge is 2.32. The molecule has 45 heavy (non-hydrogen) atoms. The van der Waals surface area contributed by atoms with E-state index in [2.05, 4.69) is 30.9 Å². The number of hydrogen-bond acceptors (Lipinski definition) is 8. The molecule has 0 fully saturated rings. The van der Waals surface area contributed by atoms with Gasteiger partial charge < -0.3 is 47.0 Å². The Hall–Kier alpha value is -5.70. The van der Waals surface area contributed by atoms with Crippen LogP contribution in [0.25, 0.3) is 10.9 Å². The van der Waals surface area contributed by atoms with Crippen LogP contribution >= 0.6 is 0 Å². The van der Waals surface area contributed by atoms with E-state index in [1.165, 1.54) is 36.8 Å². The first-order valence-electron chi connectivity index (χ1n) is 13.9. The second kappa shape index (κ2) is 14.7. The maximum absolute atomic E-state index is 13.7. The Kier molecular flexibility index (Phi) is 10.5. The number of nitrogens with two attached hydrogens (primary N) is 1. The number of amides is 3. The normalized spacial score (nSPS) is 13.7. The first kappa shape index (κ1) is 32.2. The van der Waals surface area contributed by atoms with Gasteiger partial charge in [0.25, 0.3) is 0 Å². The largest absolute Gasteiger partial charge is 0.508 e. The first-order chi connectivity index (χ1) is 21.5. The van der Waals surface area contributed by atoms with E-state index in [1.807, 2.05) is 24.3 Å². The molecule has 4 rings (SSSR count). The van der Waals surface area contributed by atoms with Crippen molar-refractivity contribution in [2.75, 3.05) is 0 Å². The molecule has 236 valence electrons. The summed E-state index contributed by atoms with van der Waals surface area (Å²) in [6.45, 7) is 0. The van der Waals surface area contributed by atoms with Gasteiger partial charge in [-0.2, -0.15) is 0 Å². The summed E-state index contributed by atoms with van der Waals surface area (Å²) in [5, 5.41) is 36.8. The van der Waals surface area contributed by atoms with Crippen molar-refractivity contribution in [1.82, 2.24) is 30.9 Å². The molecule has 2 heterocycles. The van der Waals surface area contributed by atoms with Crippen LogP contribution in [0.4, 0.5) is 0 Å². The molecule has 3 amide bonds. The molecule has 0 saturated heterocycles. The fourth-order valence-corrected chi connectivity index (χ4v) is 4.73. The van der Waals surface area contributed by atoms with E-state index < -0.39 is 60.2 Å². The third kappa shape index (κ3) is 8.90. The quantitative estimate of drug-likeness (QED) is 0.0858. The Bertz CT molecular complexity index is 1650. The van der Waals surface area contributed by atoms with Crippen molar-refractivity contribution in [1.29, 1.82) is 0 Å². The van der Waals surface area contributed by atoms with E-state index in [-0.39, 0.29) is 25.0 Å². The number of phenols is 1. The zero-order chi connectivity index (χ0) is 32.5. The van der Waals surface area contributed by atoms with Crippen LogP contribution in [0.15, 0.2) is 67.3 Å². The molecule has 0 saturated carbocycles. The van der Waals surface area contributed by atoms with Gasteiger partial charge >= 0.3 is 11.9 Å². The number of carbonyl (C=O) groups is 5. The number of aromatic nitrogens is 3. The number of imidazole rings is 1. The molecular formula is C30H33N7O8. The van der Waals surface area contributed by atoms with Crippen LogP contribution < -0.4 is 21.7 Å². The van der Waals surface area contributed by atoms with E-state index in [9.17, 15) is 34.2 Å². The number of phenolic OH excluding ortho intramolecular Hbond substituents is 1. The number of rotatable bonds is 15. The van der Waals surface area contributed by atoms with Gasteiger partial charge in [0.2, 0.25) is 17.7 Å². The summed E-state index contributed by atoms with van der Waals surface area (Å²) in [5.41, 5.74) is 8.15. The summed E-state index contributed by atoms with van der Waals surface area (Å²) in [6, 6.07) is 7.72. The second-order valence-corrected chi connectivity index (χ2v) is 10.4. The lowest BCUT2D eigenvalue weighted by molar-refractivity contribution is -0.142. The Morgan fingerprint density at radius 2 is 1.44 bits per heavy atom. The highest BCUT2D eigenvalue weighted by atomic mass is 16.4. The summed E-state index contributed by atoms with van der Waals surface area (Å²) in [4.78, 5) is 73.0. The fraction of sp³-hybridized carbons (Fsp3) is 0.267. The van der Waals surface area contributed by atoms with Gasteiger partial charge in [-0.1, -0.05) is 30.3 Å². The van der Waals surface area contributed by atoms with E-state index in [0.717, 1.165) is 10.9 Å². The number of H-pyrrole nitrogens is 2. The summed E-state index contributed by atoms with van der Waals surface area (Å²) in [6.07, 6.45) is 3.56. The molecule has 0 radical (unpaired) electrons. The maximum atomic E-state index is 13.7. The van der Waals surface area contributed by atoms with Gasteiger partial charge in [0.05, 0.1) is 18.8 Å². The minimum absolute atomic E-state index is 0.00291. The highest BCUT2D eigenvalue weighted by molar-refractivity contribution is 5.95. The van der Waals surface area contributed by atoms with Crippen LogP contribution in [0.5, 0.6) is 5.75 Å². The Balaban J connectivity index is 1.59. The number of fused-ring (bicyclic) bond motifs is 1. The second-order valence-electron chi connectivity index (χ2n) is 10.4. The van der Waals surface area contributed by atoms with Crippen molar-refractivity contribution in [3.05, 3.63) is 84.1 Å². The molecule has 0 aliphatic heterocycles. The van der Waals surface area contributed by atoms with E-state index in [1.54, 1.807) is 6.20 Å². The average molecular weight is 620 g/mol. The highest BCUT2D eigenvalue weighted by Crippen LogP contribution is 2.20. The molecule has 2 aromatic heterocycles. The average Bonchev–Trinajstić information content (AvgIpc) is 3.66. The van der Waals surface area contributed by atoms with Crippen LogP contribution in [-0.2, 0) is 43.2 Å². The number of carboxylic acid groups (broad SMARTS) is 2. The summed E-state index contributed by atoms with van der Waals surface area (Å²) < 4.78 is 0. The summed E-state index contributed by atoms with van der Waals surface area (Å²) in [5.74, 6) is -5.11. The smallest absolute Gasteiger partial charge is 0.326 e. The van der Waals surface area contributed by atoms with Crippen LogP contribution in [0, 0.1) is 0 Å². The Morgan fingerprint density at radius 3 is 2.09 bits per heavy atom. The predicted molar refractivity (Wildman–Crippen MR) is 160 cm³/mol. The minimum atomic E-state index is -1.44. The van der Waals surface area contributed by atoms with Crippen molar-refractivity contribution >= 4 is 40.6 Å². The molecule has 0 spiro atoms. The topological polar surface area (TPSA) is 253 Å². The Labute approximate surface area is 256 Å². The monoisotopic (exact) mass is 619 g/mol. The maximum Gasteiger partial charge on any atom is 0.326 e. The predicted octanol–water partition coefficient (Wildman–Crippen LogP) is -0.0345. The minimum Gasteiger partial charge on any atom is -0.508 e. The number of para-hydroxylation sites is 1. The van der Waals surface area contributed by atoms with E-state index >= 15 is 0 Å². The van der Waals surface area contributed by atoms with Crippen LogP contribution in [0.3, 0.4) is 0 Å². The summed E-state index contributed by atoms with van der Waals surface area (Å²) >= 11 is 0. The van der Waals surface area contributed by atoms with Crippen molar-refractivity contribution in [3.63, 3.8) is 0 Å². The Morgan fingerprint density at radius 1 is 0.800 bits per heavy atom. The van der Waals surface area contributed by atoms with Gasteiger partial charge in [-0.05, 0) is 29.3 Å². The molecule has 10 N–H and O–H groups in total. The number of carboxylic acids is 2. The lowest BCUT2D eigenvalue weighted by Crippen LogP contribution is -2.58. The van der Waals surface area contributed by atoms with Crippen molar-refractivity contribution < 1.29 is 39.3 Å². The molecule has 15 nitrogen and oxygen atoms in total. The van der Waals surface area contributed by atoms with Crippen LogP contribution in [0.1, 0.15) is 23.2 Å². The van der Waals surface area contributed by atoms with Gasteiger partial charge in [0.1, 0.15) is 23.9 Å². The number of aromatic hydroxyl groups is 1. The zero-order valence-electron chi connectivity index (χ0n) is 23.9. The zero-order valence-corrected chi connectivity index (χ0v) is 23.9. The lowest BCUT2D eigenvalue weighted by atomic mass is 10.0. The summed E-state index contributed by atoms with van der Waals surface area (Å²) in [7, 11) is 0. The molecule has 0 aliphatic rings. The number of carbonyl (C=O) groups excluding carboxylic acids is 3. The van der Waals surface area contributed by atoms with Crippen LogP contribution in [-0.4, -0.2) is 84.1 Å². The third-order valence-corrected chi connectivity index (χ3v) is 7.07. The van der Waals surface area contributed by atoms with Crippen LogP contribution in [0.2, 0.25) is 0 Å². The van der Waals surface area contributed by atoms with Crippen molar-refractivity contribution in [2.45, 2.75) is 49.9 Å². The third-order valence-electron chi connectivity index (χ3n) is 7.07. The van der Waals surface area contributed by atoms with Gasteiger partial charge in [-0.3, -0.25) is 19.2 Å². The molecule has 4 atom stereocenters. The van der Waals surface area contributed by atoms with Gasteiger partial charge in [-0.15, -0.1) is 0 Å². The molecule has 0 aliphatic carbocycles. The number of nitrogens with one attached hydrogen (secondary N) is 5. The van der Waals surface area contributed by atoms with Gasteiger partial charge in [0, 0.05) is 48.3 Å². The number of aliphatic carboxylic acids is 2. The lowest BCUT2D eigenvalue weighted by Gasteiger charge is -2.25. The van der Waals surface area contributed by atoms with E-state index in [0.29, 0.717) is 16.8 Å². The van der Waals surface area contributed by atoms with Gasteiger partial charge in [-0.25, -0.2) is 9.78 Å². The number of hydrogen-bond donors (Lipinski definition) is 9. The number of benzene rings is 2. The molecule has 15 heteroatoms. The molecule has 0 bridgehead atoms. The number of aromatic amines is 2. The fourth-order valence-electron chi connectivity index (χ4n) is 4.73. The first-order valence-corrected chi connectivity index (χ1v) is 13.9. The molecule has 4 aromatic rings. The molecule has 2 aromatic carbocycles. The molecule has 4 unspecified atom stereocenters. The van der Waals surface area contributed by atoms with Crippen molar-refractivity contribution in [3.8, 4) is 5.75 Å².